The van der Waals surface area contributed by atoms with Crippen LogP contribution in [-0.2, 0) is 5.79 Å². The molecule has 1 saturated heterocycles. The van der Waals surface area contributed by atoms with E-state index in [2.05, 4.69) is 31.2 Å². The number of nitrogens with zero attached hydrogens (tertiary/aromatic N) is 2. The van der Waals surface area contributed by atoms with Crippen molar-refractivity contribution in [1.82, 2.24) is 9.47 Å². The van der Waals surface area contributed by atoms with Crippen LogP contribution in [0.25, 0.3) is 10.9 Å². The van der Waals surface area contributed by atoms with Crippen molar-refractivity contribution in [3.8, 4) is 5.75 Å². The summed E-state index contributed by atoms with van der Waals surface area (Å²) in [7, 11) is 3.50. The maximum Gasteiger partial charge on any atom is 0.231 e. The number of aliphatic hydroxyl groups is 2. The molecule has 1 fully saturated rings. The number of rotatable bonds is 17. The van der Waals surface area contributed by atoms with Gasteiger partial charge in [0.2, 0.25) is 11.7 Å². The zero-order chi connectivity index (χ0) is 28.1. The van der Waals surface area contributed by atoms with Crippen LogP contribution in [0.4, 0.5) is 0 Å². The fraction of sp³-hybridized carbons (Fsp3) is 0.606. The smallest absolute Gasteiger partial charge is 0.231 e. The van der Waals surface area contributed by atoms with Gasteiger partial charge in [0.25, 0.3) is 0 Å². The van der Waals surface area contributed by atoms with E-state index in [0.29, 0.717) is 35.1 Å². The zero-order valence-corrected chi connectivity index (χ0v) is 24.4. The number of unbranched alkanes of at least 4 members (excludes halogenated alkanes) is 8. The molecule has 0 amide bonds. The molecular weight excluding hydrogens is 488 g/mol. The molecule has 1 atom stereocenters. The second kappa shape index (κ2) is 16.0. The van der Waals surface area contributed by atoms with Crippen molar-refractivity contribution in [3.05, 3.63) is 54.3 Å². The van der Waals surface area contributed by atoms with Crippen molar-refractivity contribution in [3.63, 3.8) is 0 Å². The molecule has 0 radical (unpaired) electrons. The first-order chi connectivity index (χ1) is 18.9. The average Bonchev–Trinajstić information content (AvgIpc) is 3.55. The van der Waals surface area contributed by atoms with E-state index in [9.17, 15) is 15.0 Å². The molecule has 1 aromatic heterocycles. The summed E-state index contributed by atoms with van der Waals surface area (Å²) < 4.78 is 6.99. The van der Waals surface area contributed by atoms with E-state index in [1.165, 1.54) is 38.5 Å². The summed E-state index contributed by atoms with van der Waals surface area (Å²) in [4.78, 5) is 15.2. The lowest BCUT2D eigenvalue weighted by Crippen LogP contribution is -2.45. The quantitative estimate of drug-likeness (QED) is 0.125. The molecule has 6 heteroatoms. The van der Waals surface area contributed by atoms with E-state index in [1.807, 2.05) is 24.1 Å². The van der Waals surface area contributed by atoms with Crippen LogP contribution in [0.1, 0.15) is 107 Å². The molecule has 1 aromatic carbocycles. The number of likely N-dealkylation sites (N-methyl/N-ethyl adjacent to an activating group) is 1. The first-order valence-electron chi connectivity index (χ1n) is 15.1. The van der Waals surface area contributed by atoms with Crippen LogP contribution in [0.3, 0.4) is 0 Å². The Kier molecular flexibility index (Phi) is 12.8. The van der Waals surface area contributed by atoms with Gasteiger partial charge in [0.1, 0.15) is 5.75 Å². The summed E-state index contributed by atoms with van der Waals surface area (Å²) in [6.45, 7) is 3.06. The lowest BCUT2D eigenvalue weighted by molar-refractivity contribution is -0.206. The van der Waals surface area contributed by atoms with E-state index in [4.69, 9.17) is 4.74 Å². The molecule has 2 aromatic rings. The van der Waals surface area contributed by atoms with Crippen LogP contribution in [0.5, 0.6) is 5.75 Å². The Morgan fingerprint density at radius 3 is 2.38 bits per heavy atom. The Hall–Kier alpha value is -2.41. The predicted molar refractivity (Wildman–Crippen MR) is 160 cm³/mol. The van der Waals surface area contributed by atoms with E-state index < -0.39 is 11.8 Å². The molecule has 1 aliphatic rings. The third-order valence-electron chi connectivity index (χ3n) is 8.00. The van der Waals surface area contributed by atoms with Gasteiger partial charge in [-0.05, 0) is 83.2 Å². The van der Waals surface area contributed by atoms with Crippen LogP contribution in [0.2, 0.25) is 0 Å². The van der Waals surface area contributed by atoms with Crippen LogP contribution in [0, 0.1) is 0 Å². The minimum atomic E-state index is -2.05. The van der Waals surface area contributed by atoms with Crippen molar-refractivity contribution >= 4 is 16.8 Å². The SMILES string of the molecule is CCCCC/C=C\C/C=C\CCCCCCCC(=O)n1cc(C(O)(O)C2CCCN2C)c2cc(OC)ccc21. The molecule has 1 unspecified atom stereocenters. The van der Waals surface area contributed by atoms with Crippen molar-refractivity contribution in [2.24, 2.45) is 0 Å². The van der Waals surface area contributed by atoms with Gasteiger partial charge in [-0.2, -0.15) is 0 Å². The fourth-order valence-electron chi connectivity index (χ4n) is 5.64. The summed E-state index contributed by atoms with van der Waals surface area (Å²) in [6.07, 6.45) is 25.4. The number of aromatic nitrogens is 1. The van der Waals surface area contributed by atoms with Gasteiger partial charge in [-0.3, -0.25) is 14.3 Å². The van der Waals surface area contributed by atoms with Gasteiger partial charge in [0.05, 0.1) is 18.7 Å². The first kappa shape index (κ1) is 31.1. The molecule has 3 rings (SSSR count). The summed E-state index contributed by atoms with van der Waals surface area (Å²) in [5, 5.41) is 23.2. The highest BCUT2D eigenvalue weighted by Crippen LogP contribution is 2.38. The van der Waals surface area contributed by atoms with E-state index in [0.717, 1.165) is 45.1 Å². The lowest BCUT2D eigenvalue weighted by atomic mass is 9.95. The maximum atomic E-state index is 13.2. The van der Waals surface area contributed by atoms with Gasteiger partial charge in [-0.25, -0.2) is 0 Å². The minimum Gasteiger partial charge on any atom is -0.497 e. The van der Waals surface area contributed by atoms with Gasteiger partial charge in [0.15, 0.2) is 0 Å². The molecule has 2 N–H and O–H groups in total. The fourth-order valence-corrected chi connectivity index (χ4v) is 5.64. The number of allylic oxidation sites excluding steroid dienone is 4. The maximum absolute atomic E-state index is 13.2. The summed E-state index contributed by atoms with van der Waals surface area (Å²) >= 11 is 0. The number of fused-ring (bicyclic) bond motifs is 1. The number of carbonyl (C=O) groups is 1. The van der Waals surface area contributed by atoms with Gasteiger partial charge >= 0.3 is 0 Å². The monoisotopic (exact) mass is 538 g/mol. The average molecular weight is 539 g/mol. The number of ether oxygens (including phenoxy) is 1. The summed E-state index contributed by atoms with van der Waals surface area (Å²) in [5.74, 6) is -1.45. The zero-order valence-electron chi connectivity index (χ0n) is 24.4. The van der Waals surface area contributed by atoms with Crippen molar-refractivity contribution in [1.29, 1.82) is 0 Å². The second-order valence-corrected chi connectivity index (χ2v) is 11.0. The molecule has 39 heavy (non-hydrogen) atoms. The van der Waals surface area contributed by atoms with Gasteiger partial charge in [-0.1, -0.05) is 63.3 Å². The highest BCUT2D eigenvalue weighted by atomic mass is 16.5. The molecule has 6 nitrogen and oxygen atoms in total. The number of carbonyl (C=O) groups excluding carboxylic acids is 1. The van der Waals surface area contributed by atoms with Crippen molar-refractivity contribution in [2.75, 3.05) is 20.7 Å². The molecule has 2 heterocycles. The Labute approximate surface area is 235 Å². The third-order valence-corrected chi connectivity index (χ3v) is 8.00. The second-order valence-electron chi connectivity index (χ2n) is 11.0. The third kappa shape index (κ3) is 8.79. The molecular formula is C33H50N2O4. The normalized spacial score (nSPS) is 16.8. The van der Waals surface area contributed by atoms with E-state index in [1.54, 1.807) is 23.9 Å². The standard InChI is InChI=1S/C33H50N2O4/c1-4-5-6-7-8-9-10-11-12-13-14-15-16-17-18-21-32(36)35-26-29(28-25-27(39-3)22-23-30(28)35)33(37,38)31-20-19-24-34(31)2/h8-9,11-12,22-23,25-26,31,37-38H,4-7,10,13-21,24H2,1-3H3/b9-8-,12-11-. The van der Waals surface area contributed by atoms with Crippen LogP contribution in [-0.4, -0.2) is 52.3 Å². The van der Waals surface area contributed by atoms with E-state index >= 15 is 0 Å². The first-order valence-corrected chi connectivity index (χ1v) is 15.1. The Bertz CT molecular complexity index is 1080. The number of likely N-dealkylation sites (tertiary alicyclic amines) is 1. The topological polar surface area (TPSA) is 74.9 Å². The molecule has 216 valence electrons. The highest BCUT2D eigenvalue weighted by molar-refractivity contribution is 5.95. The van der Waals surface area contributed by atoms with Crippen molar-refractivity contribution < 1.29 is 19.7 Å². The van der Waals surface area contributed by atoms with Crippen molar-refractivity contribution in [2.45, 2.75) is 109 Å². The largest absolute Gasteiger partial charge is 0.497 e. The van der Waals surface area contributed by atoms with Crippen LogP contribution >= 0.6 is 0 Å². The number of benzene rings is 1. The summed E-state index contributed by atoms with van der Waals surface area (Å²) in [6, 6.07) is 5.02. The number of hydrogen-bond acceptors (Lipinski definition) is 5. The molecule has 0 aliphatic carbocycles. The lowest BCUT2D eigenvalue weighted by Gasteiger charge is -2.32. The number of methoxy groups -OCH3 is 1. The summed E-state index contributed by atoms with van der Waals surface area (Å²) in [5.41, 5.74) is 1.05. The number of hydrogen-bond donors (Lipinski definition) is 2. The van der Waals surface area contributed by atoms with Gasteiger partial charge in [0, 0.05) is 23.6 Å². The van der Waals surface area contributed by atoms with Gasteiger partial charge in [-0.15, -0.1) is 0 Å². The van der Waals surface area contributed by atoms with Crippen LogP contribution in [0.15, 0.2) is 48.7 Å². The molecule has 0 bridgehead atoms. The molecule has 1 aliphatic heterocycles. The Balaban J connectivity index is 1.47. The Morgan fingerprint density at radius 1 is 1.03 bits per heavy atom. The van der Waals surface area contributed by atoms with Crippen LogP contribution < -0.4 is 4.74 Å². The molecule has 0 saturated carbocycles. The Morgan fingerprint density at radius 2 is 1.72 bits per heavy atom. The highest BCUT2D eigenvalue weighted by Gasteiger charge is 2.43. The van der Waals surface area contributed by atoms with Gasteiger partial charge < -0.3 is 14.9 Å². The predicted octanol–water partition coefficient (Wildman–Crippen LogP) is 7.34. The van der Waals surface area contributed by atoms with E-state index in [-0.39, 0.29) is 5.91 Å². The minimum absolute atomic E-state index is 0.0160. The molecule has 0 spiro atoms.